The molecule has 4 rings (SSSR count). The second-order valence-electron chi connectivity index (χ2n) is 5.13. The Hall–Kier alpha value is -3.15. The van der Waals surface area contributed by atoms with E-state index in [0.29, 0.717) is 5.82 Å². The molecule has 0 amide bonds. The molecule has 0 atom stereocenters. The molecule has 0 spiro atoms. The molecule has 6 nitrogen and oxygen atoms in total. The van der Waals surface area contributed by atoms with Gasteiger partial charge in [-0.05, 0) is 36.4 Å². The number of aromatic nitrogens is 5. The van der Waals surface area contributed by atoms with Gasteiger partial charge in [-0.3, -0.25) is 9.55 Å². The Bertz CT molecular complexity index is 1010. The molecule has 0 saturated heterocycles. The van der Waals surface area contributed by atoms with Crippen LogP contribution in [0.15, 0.2) is 53.6 Å². The van der Waals surface area contributed by atoms with Gasteiger partial charge in [0.25, 0.3) is 0 Å². The zero-order chi connectivity index (χ0) is 15.1. The van der Waals surface area contributed by atoms with Crippen LogP contribution in [0, 0.1) is 0 Å². The van der Waals surface area contributed by atoms with Gasteiger partial charge < -0.3 is 4.98 Å². The Kier molecular flexibility index (Phi) is 2.69. The zero-order valence-corrected chi connectivity index (χ0v) is 11.9. The van der Waals surface area contributed by atoms with Crippen LogP contribution in [0.25, 0.3) is 33.5 Å². The number of nitrogens with zero attached hydrogens (tertiary/aromatic N) is 3. The number of rotatable bonds is 2. The Morgan fingerprint density at radius 2 is 1.86 bits per heavy atom. The van der Waals surface area contributed by atoms with E-state index in [-0.39, 0.29) is 5.69 Å². The molecule has 0 fully saturated rings. The molecule has 0 aliphatic heterocycles. The molecule has 3 heterocycles. The normalized spacial score (nSPS) is 11.1. The van der Waals surface area contributed by atoms with Crippen LogP contribution in [-0.2, 0) is 7.05 Å². The predicted molar refractivity (Wildman–Crippen MR) is 84.4 cm³/mol. The number of aromatic amines is 2. The Labute approximate surface area is 125 Å². The molecular weight excluding hydrogens is 278 g/mol. The van der Waals surface area contributed by atoms with Gasteiger partial charge in [-0.2, -0.15) is 5.10 Å². The first kappa shape index (κ1) is 12.6. The fraction of sp³-hybridized carbons (Fsp3) is 0.0625. The zero-order valence-electron chi connectivity index (χ0n) is 11.9. The molecular formula is C16H13N5O. The number of hydrogen-bond acceptors (Lipinski definition) is 3. The second kappa shape index (κ2) is 4.70. The van der Waals surface area contributed by atoms with Crippen LogP contribution >= 0.6 is 0 Å². The maximum atomic E-state index is 11.5. The van der Waals surface area contributed by atoms with Gasteiger partial charge in [-0.1, -0.05) is 0 Å². The van der Waals surface area contributed by atoms with E-state index >= 15 is 0 Å². The summed E-state index contributed by atoms with van der Waals surface area (Å²) in [6.45, 7) is 0. The highest BCUT2D eigenvalue weighted by Crippen LogP contribution is 2.27. The minimum Gasteiger partial charge on any atom is -0.355 e. The fourth-order valence-corrected chi connectivity index (χ4v) is 2.56. The highest BCUT2D eigenvalue weighted by atomic mass is 16.1. The molecule has 0 unspecified atom stereocenters. The van der Waals surface area contributed by atoms with E-state index in [0.717, 1.165) is 27.7 Å². The number of benzene rings is 1. The molecule has 22 heavy (non-hydrogen) atoms. The summed E-state index contributed by atoms with van der Waals surface area (Å²) in [5.41, 5.74) is 3.83. The topological polar surface area (TPSA) is 79.4 Å². The molecule has 0 saturated carbocycles. The number of fused-ring (bicyclic) bond motifs is 1. The molecule has 0 aliphatic carbocycles. The lowest BCUT2D eigenvalue weighted by Gasteiger charge is -1.99. The van der Waals surface area contributed by atoms with Gasteiger partial charge in [0.2, 0.25) is 0 Å². The van der Waals surface area contributed by atoms with Crippen LogP contribution in [0.2, 0.25) is 0 Å². The standard InChI is InChI=1S/C16H13N5O/c1-21-15(19-20-16(21)22)11-2-3-13-12(8-11)9-14(18-13)10-4-6-17-7-5-10/h2-9,18H,1H3,(H,20,22). The van der Waals surface area contributed by atoms with Gasteiger partial charge in [0.1, 0.15) is 0 Å². The van der Waals surface area contributed by atoms with Crippen molar-refractivity contribution in [3.63, 3.8) is 0 Å². The van der Waals surface area contributed by atoms with E-state index in [1.54, 1.807) is 19.4 Å². The van der Waals surface area contributed by atoms with Crippen molar-refractivity contribution in [2.75, 3.05) is 0 Å². The average Bonchev–Trinajstić information content (AvgIpc) is 3.12. The summed E-state index contributed by atoms with van der Waals surface area (Å²) in [5, 5.41) is 7.59. The second-order valence-corrected chi connectivity index (χ2v) is 5.13. The van der Waals surface area contributed by atoms with Crippen molar-refractivity contribution in [1.29, 1.82) is 0 Å². The third-order valence-corrected chi connectivity index (χ3v) is 3.75. The van der Waals surface area contributed by atoms with Crippen LogP contribution in [0.5, 0.6) is 0 Å². The van der Waals surface area contributed by atoms with Gasteiger partial charge >= 0.3 is 5.69 Å². The van der Waals surface area contributed by atoms with Crippen molar-refractivity contribution in [2.24, 2.45) is 7.05 Å². The lowest BCUT2D eigenvalue weighted by molar-refractivity contribution is 0.869. The van der Waals surface area contributed by atoms with Gasteiger partial charge in [-0.25, -0.2) is 9.89 Å². The summed E-state index contributed by atoms with van der Waals surface area (Å²) < 4.78 is 1.50. The van der Waals surface area contributed by atoms with Crippen LogP contribution in [0.3, 0.4) is 0 Å². The highest BCUT2D eigenvalue weighted by molar-refractivity contribution is 5.88. The summed E-state index contributed by atoms with van der Waals surface area (Å²) in [6.07, 6.45) is 3.54. The van der Waals surface area contributed by atoms with Crippen molar-refractivity contribution in [3.05, 3.63) is 59.3 Å². The third-order valence-electron chi connectivity index (χ3n) is 3.75. The summed E-state index contributed by atoms with van der Waals surface area (Å²) in [6, 6.07) is 12.0. The summed E-state index contributed by atoms with van der Waals surface area (Å²) in [5.74, 6) is 0.624. The lowest BCUT2D eigenvalue weighted by Crippen LogP contribution is -2.13. The van der Waals surface area contributed by atoms with Crippen molar-refractivity contribution >= 4 is 10.9 Å². The average molecular weight is 291 g/mol. The molecule has 4 aromatic rings. The fourth-order valence-electron chi connectivity index (χ4n) is 2.56. The first-order chi connectivity index (χ1) is 10.7. The van der Waals surface area contributed by atoms with Crippen LogP contribution in [-0.4, -0.2) is 24.7 Å². The number of pyridine rings is 1. The Balaban J connectivity index is 1.85. The van der Waals surface area contributed by atoms with E-state index in [1.807, 2.05) is 30.3 Å². The maximum absolute atomic E-state index is 11.5. The SMILES string of the molecule is Cn1c(-c2ccc3[nH]c(-c4ccncc4)cc3c2)n[nH]c1=O. The van der Waals surface area contributed by atoms with Crippen LogP contribution in [0.1, 0.15) is 0 Å². The van der Waals surface area contributed by atoms with E-state index in [1.165, 1.54) is 4.57 Å². The van der Waals surface area contributed by atoms with Crippen molar-refractivity contribution in [2.45, 2.75) is 0 Å². The van der Waals surface area contributed by atoms with E-state index in [4.69, 9.17) is 0 Å². The van der Waals surface area contributed by atoms with Gasteiger partial charge in [0, 0.05) is 47.2 Å². The van der Waals surface area contributed by atoms with Gasteiger partial charge in [0.15, 0.2) is 5.82 Å². The molecule has 0 aliphatic rings. The molecule has 2 N–H and O–H groups in total. The van der Waals surface area contributed by atoms with Crippen molar-refractivity contribution in [3.8, 4) is 22.6 Å². The van der Waals surface area contributed by atoms with Crippen LogP contribution in [0.4, 0.5) is 0 Å². The molecule has 0 bridgehead atoms. The van der Waals surface area contributed by atoms with Crippen LogP contribution < -0.4 is 5.69 Å². The maximum Gasteiger partial charge on any atom is 0.343 e. The number of nitrogens with one attached hydrogen (secondary N) is 2. The minimum absolute atomic E-state index is 0.221. The summed E-state index contributed by atoms with van der Waals surface area (Å²) >= 11 is 0. The molecule has 6 heteroatoms. The third kappa shape index (κ3) is 1.93. The quantitative estimate of drug-likeness (QED) is 0.595. The molecule has 0 radical (unpaired) electrons. The first-order valence-electron chi connectivity index (χ1n) is 6.87. The predicted octanol–water partition coefficient (Wildman–Crippen LogP) is 2.32. The monoisotopic (exact) mass is 291 g/mol. The summed E-state index contributed by atoms with van der Waals surface area (Å²) in [7, 11) is 1.70. The highest BCUT2D eigenvalue weighted by Gasteiger charge is 2.09. The Morgan fingerprint density at radius 3 is 2.59 bits per heavy atom. The smallest absolute Gasteiger partial charge is 0.343 e. The Morgan fingerprint density at radius 1 is 1.05 bits per heavy atom. The van der Waals surface area contributed by atoms with Crippen molar-refractivity contribution in [1.82, 2.24) is 24.7 Å². The minimum atomic E-state index is -0.221. The molecule has 1 aromatic carbocycles. The number of H-pyrrole nitrogens is 2. The summed E-state index contributed by atoms with van der Waals surface area (Å²) in [4.78, 5) is 18.9. The number of hydrogen-bond donors (Lipinski definition) is 2. The van der Waals surface area contributed by atoms with E-state index in [9.17, 15) is 4.79 Å². The van der Waals surface area contributed by atoms with Gasteiger partial charge in [-0.15, -0.1) is 0 Å². The molecule has 3 aromatic heterocycles. The first-order valence-corrected chi connectivity index (χ1v) is 6.87. The lowest BCUT2D eigenvalue weighted by atomic mass is 10.1. The van der Waals surface area contributed by atoms with E-state index in [2.05, 4.69) is 26.2 Å². The molecule has 108 valence electrons. The largest absolute Gasteiger partial charge is 0.355 e. The van der Waals surface area contributed by atoms with Gasteiger partial charge in [0.05, 0.1) is 0 Å². The van der Waals surface area contributed by atoms with Crippen molar-refractivity contribution < 1.29 is 0 Å². The van der Waals surface area contributed by atoms with E-state index < -0.39 is 0 Å².